The van der Waals surface area contributed by atoms with Crippen molar-refractivity contribution < 1.29 is 0 Å². The molecule has 86 valence electrons. The Morgan fingerprint density at radius 3 is 2.56 bits per heavy atom. The van der Waals surface area contributed by atoms with Gasteiger partial charge in [0.15, 0.2) is 0 Å². The molecule has 0 aromatic heterocycles. The van der Waals surface area contributed by atoms with Crippen molar-refractivity contribution in [2.75, 3.05) is 5.73 Å². The maximum atomic E-state index is 6.10. The first-order chi connectivity index (χ1) is 7.43. The maximum Gasteiger partial charge on any atom is 0.0355 e. The van der Waals surface area contributed by atoms with E-state index in [0.717, 1.165) is 12.1 Å². The van der Waals surface area contributed by atoms with Gasteiger partial charge in [-0.15, -0.1) is 0 Å². The van der Waals surface area contributed by atoms with Crippen molar-refractivity contribution in [2.45, 2.75) is 45.4 Å². The molecular formula is C15H21N. The molecule has 0 spiro atoms. The van der Waals surface area contributed by atoms with Crippen molar-refractivity contribution in [3.8, 4) is 0 Å². The molecule has 1 aromatic carbocycles. The number of nitrogen functional groups attached to an aromatic ring is 1. The summed E-state index contributed by atoms with van der Waals surface area (Å²) in [5, 5.41) is 0. The third-order valence-corrected chi connectivity index (χ3v) is 3.54. The number of hydrogen-bond acceptors (Lipinski definition) is 1. The summed E-state index contributed by atoms with van der Waals surface area (Å²) in [5.74, 6) is 0.480. The van der Waals surface area contributed by atoms with Crippen LogP contribution in [-0.2, 0) is 5.41 Å². The Bertz CT molecular complexity index is 439. The summed E-state index contributed by atoms with van der Waals surface area (Å²) in [6, 6.07) is 4.26. The van der Waals surface area contributed by atoms with Crippen molar-refractivity contribution in [1.82, 2.24) is 0 Å². The highest BCUT2D eigenvalue weighted by Gasteiger charge is 2.27. The molecule has 0 atom stereocenters. The molecule has 2 rings (SSSR count). The number of rotatable bonds is 1. The Morgan fingerprint density at radius 2 is 1.94 bits per heavy atom. The smallest absolute Gasteiger partial charge is 0.0355 e. The fraction of sp³-hybridized carbons (Fsp3) is 0.467. The van der Waals surface area contributed by atoms with Gasteiger partial charge in [-0.1, -0.05) is 45.9 Å². The standard InChI is InChI=1S/C15H21N/c1-10(2)14-11-6-5-9-15(3,4)12(11)7-8-13(14)16/h5-8,10H,9,16H2,1-4H3. The van der Waals surface area contributed by atoms with Gasteiger partial charge in [0.1, 0.15) is 0 Å². The summed E-state index contributed by atoms with van der Waals surface area (Å²) < 4.78 is 0. The van der Waals surface area contributed by atoms with Crippen molar-refractivity contribution in [3.63, 3.8) is 0 Å². The Kier molecular flexibility index (Phi) is 2.57. The molecule has 0 fully saturated rings. The average Bonchev–Trinajstić information content (AvgIpc) is 2.15. The lowest BCUT2D eigenvalue weighted by Crippen LogP contribution is -2.21. The van der Waals surface area contributed by atoms with Gasteiger partial charge in [-0.25, -0.2) is 0 Å². The van der Waals surface area contributed by atoms with Crippen LogP contribution in [0.25, 0.3) is 6.08 Å². The highest BCUT2D eigenvalue weighted by atomic mass is 14.6. The molecule has 16 heavy (non-hydrogen) atoms. The molecule has 1 heteroatoms. The van der Waals surface area contributed by atoms with Gasteiger partial charge in [0.25, 0.3) is 0 Å². The molecular weight excluding hydrogens is 194 g/mol. The van der Waals surface area contributed by atoms with Gasteiger partial charge in [0.05, 0.1) is 0 Å². The van der Waals surface area contributed by atoms with E-state index < -0.39 is 0 Å². The van der Waals surface area contributed by atoms with E-state index in [1.54, 1.807) is 0 Å². The van der Waals surface area contributed by atoms with Crippen molar-refractivity contribution in [3.05, 3.63) is 34.9 Å². The molecule has 0 saturated heterocycles. The zero-order valence-corrected chi connectivity index (χ0v) is 10.7. The van der Waals surface area contributed by atoms with Gasteiger partial charge in [-0.2, -0.15) is 0 Å². The molecule has 1 aromatic rings. The molecule has 0 aliphatic heterocycles. The fourth-order valence-corrected chi connectivity index (χ4v) is 2.65. The first-order valence-electron chi connectivity index (χ1n) is 6.03. The summed E-state index contributed by atoms with van der Waals surface area (Å²) in [5.41, 5.74) is 11.4. The Balaban J connectivity index is 2.71. The number of allylic oxidation sites excluding steroid dienone is 1. The van der Waals surface area contributed by atoms with Gasteiger partial charge in [-0.05, 0) is 40.5 Å². The quantitative estimate of drug-likeness (QED) is 0.702. The van der Waals surface area contributed by atoms with Crippen LogP contribution in [0.4, 0.5) is 5.69 Å². The second-order valence-electron chi connectivity index (χ2n) is 5.67. The summed E-state index contributed by atoms with van der Waals surface area (Å²) in [4.78, 5) is 0. The van der Waals surface area contributed by atoms with Crippen LogP contribution in [0.15, 0.2) is 18.2 Å². The first kappa shape index (κ1) is 11.3. The number of anilines is 1. The molecule has 2 N–H and O–H groups in total. The minimum atomic E-state index is 0.238. The van der Waals surface area contributed by atoms with Gasteiger partial charge in [-0.3, -0.25) is 0 Å². The topological polar surface area (TPSA) is 26.0 Å². The van der Waals surface area contributed by atoms with E-state index in [4.69, 9.17) is 5.73 Å². The van der Waals surface area contributed by atoms with Crippen LogP contribution in [-0.4, -0.2) is 0 Å². The lowest BCUT2D eigenvalue weighted by Gasteiger charge is -2.31. The number of fused-ring (bicyclic) bond motifs is 1. The van der Waals surface area contributed by atoms with Crippen LogP contribution in [0, 0.1) is 0 Å². The Labute approximate surface area is 98.4 Å². The molecule has 1 nitrogen and oxygen atoms in total. The Morgan fingerprint density at radius 1 is 1.25 bits per heavy atom. The summed E-state index contributed by atoms with van der Waals surface area (Å²) in [6.07, 6.45) is 5.63. The second-order valence-corrected chi connectivity index (χ2v) is 5.67. The van der Waals surface area contributed by atoms with Crippen LogP contribution in [0.3, 0.4) is 0 Å². The zero-order chi connectivity index (χ0) is 11.9. The SMILES string of the molecule is CC(C)c1c(N)ccc2c1C=CCC2(C)C. The zero-order valence-electron chi connectivity index (χ0n) is 10.7. The first-order valence-corrected chi connectivity index (χ1v) is 6.03. The van der Waals surface area contributed by atoms with E-state index in [9.17, 15) is 0 Å². The van der Waals surface area contributed by atoms with E-state index >= 15 is 0 Å². The molecule has 0 amide bonds. The minimum Gasteiger partial charge on any atom is -0.398 e. The van der Waals surface area contributed by atoms with Crippen molar-refractivity contribution in [1.29, 1.82) is 0 Å². The van der Waals surface area contributed by atoms with Crippen molar-refractivity contribution >= 4 is 11.8 Å². The number of nitrogens with two attached hydrogens (primary N) is 1. The van der Waals surface area contributed by atoms with Crippen LogP contribution in [0.1, 0.15) is 56.7 Å². The van der Waals surface area contributed by atoms with Gasteiger partial charge in [0, 0.05) is 5.69 Å². The maximum absolute atomic E-state index is 6.10. The third kappa shape index (κ3) is 1.64. The normalized spacial score (nSPS) is 17.6. The van der Waals surface area contributed by atoms with Crippen LogP contribution in [0.2, 0.25) is 0 Å². The van der Waals surface area contributed by atoms with E-state index in [1.807, 2.05) is 0 Å². The van der Waals surface area contributed by atoms with E-state index in [-0.39, 0.29) is 5.41 Å². The third-order valence-electron chi connectivity index (χ3n) is 3.54. The number of benzene rings is 1. The molecule has 0 saturated carbocycles. The van der Waals surface area contributed by atoms with Crippen molar-refractivity contribution in [2.24, 2.45) is 0 Å². The van der Waals surface area contributed by atoms with Crippen LogP contribution < -0.4 is 5.73 Å². The second kappa shape index (κ2) is 3.65. The average molecular weight is 215 g/mol. The largest absolute Gasteiger partial charge is 0.398 e. The lowest BCUT2D eigenvalue weighted by atomic mass is 9.73. The Hall–Kier alpha value is -1.24. The van der Waals surface area contributed by atoms with Gasteiger partial charge >= 0.3 is 0 Å². The predicted molar refractivity (Wildman–Crippen MR) is 71.6 cm³/mol. The summed E-state index contributed by atoms with van der Waals surface area (Å²) in [6.45, 7) is 9.02. The highest BCUT2D eigenvalue weighted by molar-refractivity contribution is 5.70. The van der Waals surface area contributed by atoms with Gasteiger partial charge in [0.2, 0.25) is 0 Å². The van der Waals surface area contributed by atoms with E-state index in [1.165, 1.54) is 16.7 Å². The highest BCUT2D eigenvalue weighted by Crippen LogP contribution is 2.40. The lowest BCUT2D eigenvalue weighted by molar-refractivity contribution is 0.527. The van der Waals surface area contributed by atoms with E-state index in [0.29, 0.717) is 5.92 Å². The molecule has 0 heterocycles. The fourth-order valence-electron chi connectivity index (χ4n) is 2.65. The van der Waals surface area contributed by atoms with Crippen LogP contribution >= 0.6 is 0 Å². The van der Waals surface area contributed by atoms with E-state index in [2.05, 4.69) is 52.0 Å². The summed E-state index contributed by atoms with van der Waals surface area (Å²) >= 11 is 0. The molecule has 0 bridgehead atoms. The molecule has 1 aliphatic carbocycles. The molecule has 0 unspecified atom stereocenters. The predicted octanol–water partition coefficient (Wildman–Crippen LogP) is 4.09. The van der Waals surface area contributed by atoms with Crippen LogP contribution in [0.5, 0.6) is 0 Å². The monoisotopic (exact) mass is 215 g/mol. The number of hydrogen-bond donors (Lipinski definition) is 1. The van der Waals surface area contributed by atoms with Gasteiger partial charge < -0.3 is 5.73 Å². The molecule has 1 aliphatic rings. The minimum absolute atomic E-state index is 0.238. The molecule has 0 radical (unpaired) electrons. The summed E-state index contributed by atoms with van der Waals surface area (Å²) in [7, 11) is 0.